The van der Waals surface area contributed by atoms with Crippen molar-refractivity contribution in [2.75, 3.05) is 11.9 Å². The average molecular weight is 369 g/mol. The number of nitrogens with zero attached hydrogens (tertiary/aromatic N) is 1. The first-order valence-electron chi connectivity index (χ1n) is 8.60. The Morgan fingerprint density at radius 1 is 1.23 bits per heavy atom. The lowest BCUT2D eigenvalue weighted by molar-refractivity contribution is 0.0463. The highest BCUT2D eigenvalue weighted by atomic mass is 32.1. The Bertz CT molecular complexity index is 915. The monoisotopic (exact) mass is 369 g/mol. The zero-order valence-electron chi connectivity index (χ0n) is 15.2. The number of nitrogens with two attached hydrogens (primary N) is 1. The van der Waals surface area contributed by atoms with Gasteiger partial charge >= 0.3 is 5.97 Å². The molecule has 6 heteroatoms. The number of rotatable bonds is 6. The highest BCUT2D eigenvalue weighted by Gasteiger charge is 2.19. The van der Waals surface area contributed by atoms with Gasteiger partial charge in [-0.1, -0.05) is 67.6 Å². The highest BCUT2D eigenvalue weighted by Crippen LogP contribution is 2.28. The smallest absolute Gasteiger partial charge is 0.350 e. The van der Waals surface area contributed by atoms with E-state index in [0.717, 1.165) is 16.3 Å². The van der Waals surface area contributed by atoms with Crippen LogP contribution < -0.4 is 11.1 Å². The van der Waals surface area contributed by atoms with Crippen LogP contribution in [0.15, 0.2) is 42.5 Å². The number of thiazole rings is 1. The van der Waals surface area contributed by atoms with Gasteiger partial charge < -0.3 is 15.8 Å². The van der Waals surface area contributed by atoms with E-state index in [0.29, 0.717) is 28.2 Å². The molecule has 0 aliphatic carbocycles. The Hall–Kier alpha value is -2.44. The van der Waals surface area contributed by atoms with E-state index in [1.54, 1.807) is 6.92 Å². The molecule has 0 saturated heterocycles. The molecule has 0 saturated carbocycles. The molecular formula is C20H23N3O2S. The van der Waals surface area contributed by atoms with E-state index in [2.05, 4.69) is 22.4 Å². The molecule has 0 amide bonds. The Labute approximate surface area is 157 Å². The lowest BCUT2D eigenvalue weighted by atomic mass is 10.0. The predicted octanol–water partition coefficient (Wildman–Crippen LogP) is 4.49. The van der Waals surface area contributed by atoms with E-state index in [4.69, 9.17) is 10.5 Å². The van der Waals surface area contributed by atoms with Crippen LogP contribution in [0.3, 0.4) is 0 Å². The van der Waals surface area contributed by atoms with Crippen molar-refractivity contribution in [1.82, 2.24) is 4.98 Å². The Balaban J connectivity index is 1.78. The summed E-state index contributed by atoms with van der Waals surface area (Å²) in [6.45, 7) is 6.21. The predicted molar refractivity (Wildman–Crippen MR) is 106 cm³/mol. The minimum atomic E-state index is -0.425. The second kappa shape index (κ2) is 7.85. The number of carbonyl (C=O) groups is 1. The van der Waals surface area contributed by atoms with Crippen LogP contribution in [0.2, 0.25) is 0 Å². The molecule has 0 bridgehead atoms. The van der Waals surface area contributed by atoms with Gasteiger partial charge in [0.25, 0.3) is 0 Å². The highest BCUT2D eigenvalue weighted by molar-refractivity contribution is 7.17. The molecule has 1 aromatic heterocycles. The Morgan fingerprint density at radius 2 is 1.96 bits per heavy atom. The quantitative estimate of drug-likeness (QED) is 0.494. The van der Waals surface area contributed by atoms with Gasteiger partial charge in [0.15, 0.2) is 5.13 Å². The number of aryl methyl sites for hydroxylation is 1. The molecule has 3 N–H and O–H groups in total. The zero-order chi connectivity index (χ0) is 18.7. The van der Waals surface area contributed by atoms with Crippen molar-refractivity contribution in [3.05, 3.63) is 58.6 Å². The number of esters is 1. The Kier molecular flexibility index (Phi) is 5.54. The molecule has 0 aliphatic heterocycles. The van der Waals surface area contributed by atoms with Gasteiger partial charge in [0.05, 0.1) is 12.3 Å². The number of carbonyl (C=O) groups excluding carboxylic acids is 1. The summed E-state index contributed by atoms with van der Waals surface area (Å²) in [6, 6.07) is 14.1. The largest absolute Gasteiger partial charge is 0.461 e. The number of anilines is 1. The molecule has 0 spiro atoms. The molecule has 26 heavy (non-hydrogen) atoms. The summed E-state index contributed by atoms with van der Waals surface area (Å²) in [4.78, 5) is 17.1. The number of ether oxygens (including phenoxy) is 1. The fourth-order valence-corrected chi connectivity index (χ4v) is 3.59. The van der Waals surface area contributed by atoms with Crippen LogP contribution in [0, 0.1) is 12.8 Å². The van der Waals surface area contributed by atoms with Crippen molar-refractivity contribution in [2.24, 2.45) is 11.7 Å². The number of hydrogen-bond donors (Lipinski definition) is 2. The fourth-order valence-electron chi connectivity index (χ4n) is 2.69. The van der Waals surface area contributed by atoms with Crippen LogP contribution in [-0.2, 0) is 4.74 Å². The maximum absolute atomic E-state index is 12.2. The zero-order valence-corrected chi connectivity index (χ0v) is 16.0. The summed E-state index contributed by atoms with van der Waals surface area (Å²) in [6.07, 6.45) is -0.425. The second-order valence-corrected chi connectivity index (χ2v) is 7.62. The first-order valence-corrected chi connectivity index (χ1v) is 9.41. The summed E-state index contributed by atoms with van der Waals surface area (Å²) < 4.78 is 5.30. The van der Waals surface area contributed by atoms with E-state index in [9.17, 15) is 4.79 Å². The van der Waals surface area contributed by atoms with Crippen molar-refractivity contribution >= 4 is 33.2 Å². The maximum Gasteiger partial charge on any atom is 0.350 e. The molecule has 2 aromatic carbocycles. The van der Waals surface area contributed by atoms with Crippen molar-refractivity contribution < 1.29 is 9.53 Å². The van der Waals surface area contributed by atoms with E-state index in [1.165, 1.54) is 11.3 Å². The molecule has 0 fully saturated rings. The number of fused-ring (bicyclic) bond motifs is 1. The summed E-state index contributed by atoms with van der Waals surface area (Å²) in [5.41, 5.74) is 8.00. The lowest BCUT2D eigenvalue weighted by Crippen LogP contribution is -2.20. The summed E-state index contributed by atoms with van der Waals surface area (Å²) in [7, 11) is 0. The number of hydrogen-bond acceptors (Lipinski definition) is 6. The van der Waals surface area contributed by atoms with E-state index in [1.807, 2.05) is 44.2 Å². The van der Waals surface area contributed by atoms with Crippen LogP contribution in [-0.4, -0.2) is 17.6 Å². The van der Waals surface area contributed by atoms with Crippen molar-refractivity contribution in [3.63, 3.8) is 0 Å². The second-order valence-electron chi connectivity index (χ2n) is 6.62. The fraction of sp³-hybridized carbons (Fsp3) is 0.300. The Morgan fingerprint density at radius 3 is 2.73 bits per heavy atom. The SMILES string of the molecule is Cc1nc(NC(N)c2cccc3ccccc23)sc1C(=O)OCC(C)C. The number of nitrogens with one attached hydrogen (secondary N) is 1. The molecule has 1 atom stereocenters. The summed E-state index contributed by atoms with van der Waals surface area (Å²) >= 11 is 1.27. The minimum absolute atomic E-state index is 0.296. The number of aromatic nitrogens is 1. The standard InChI is InChI=1S/C20H23N3O2S/c1-12(2)11-25-19(24)17-13(3)22-20(26-17)23-18(21)16-10-6-8-14-7-4-5-9-15(14)16/h4-10,12,18H,11,21H2,1-3H3,(H,22,23). The van der Waals surface area contributed by atoms with Crippen molar-refractivity contribution in [3.8, 4) is 0 Å². The van der Waals surface area contributed by atoms with Gasteiger partial charge in [-0.3, -0.25) is 0 Å². The third kappa shape index (κ3) is 4.03. The molecule has 3 aromatic rings. The van der Waals surface area contributed by atoms with Crippen molar-refractivity contribution in [1.29, 1.82) is 0 Å². The third-order valence-electron chi connectivity index (χ3n) is 3.97. The van der Waals surface area contributed by atoms with E-state index >= 15 is 0 Å². The molecule has 1 unspecified atom stereocenters. The van der Waals surface area contributed by atoms with Crippen molar-refractivity contribution in [2.45, 2.75) is 26.9 Å². The molecule has 0 aliphatic rings. The van der Waals surface area contributed by atoms with Gasteiger partial charge in [-0.25, -0.2) is 9.78 Å². The maximum atomic E-state index is 12.2. The van der Waals surface area contributed by atoms with Crippen LogP contribution in [0.4, 0.5) is 5.13 Å². The third-order valence-corrected chi connectivity index (χ3v) is 5.04. The van der Waals surface area contributed by atoms with Gasteiger partial charge in [0.1, 0.15) is 11.0 Å². The van der Waals surface area contributed by atoms with Crippen LogP contribution >= 0.6 is 11.3 Å². The molecule has 0 radical (unpaired) electrons. The first-order chi connectivity index (χ1) is 12.5. The lowest BCUT2D eigenvalue weighted by Gasteiger charge is -2.15. The van der Waals surface area contributed by atoms with Gasteiger partial charge in [-0.2, -0.15) is 0 Å². The van der Waals surface area contributed by atoms with Crippen LogP contribution in [0.1, 0.15) is 40.9 Å². The summed E-state index contributed by atoms with van der Waals surface area (Å²) in [5.74, 6) is -0.0370. The normalized spacial score (nSPS) is 12.3. The van der Waals surface area contributed by atoms with Crippen LogP contribution in [0.25, 0.3) is 10.8 Å². The molecule has 136 valence electrons. The summed E-state index contributed by atoms with van der Waals surface area (Å²) in [5, 5.41) is 6.05. The molecule has 3 rings (SSSR count). The average Bonchev–Trinajstić information content (AvgIpc) is 2.99. The molecular weight excluding hydrogens is 346 g/mol. The van der Waals surface area contributed by atoms with Gasteiger partial charge in [0, 0.05) is 0 Å². The van der Waals surface area contributed by atoms with E-state index < -0.39 is 6.17 Å². The number of benzene rings is 2. The topological polar surface area (TPSA) is 77.2 Å². The minimum Gasteiger partial charge on any atom is -0.461 e. The van der Waals surface area contributed by atoms with E-state index in [-0.39, 0.29) is 5.97 Å². The van der Waals surface area contributed by atoms with Crippen LogP contribution in [0.5, 0.6) is 0 Å². The first kappa shape index (κ1) is 18.4. The molecule has 5 nitrogen and oxygen atoms in total. The molecule has 1 heterocycles. The van der Waals surface area contributed by atoms with Gasteiger partial charge in [-0.05, 0) is 29.2 Å². The van der Waals surface area contributed by atoms with Gasteiger partial charge in [0.2, 0.25) is 0 Å². The van der Waals surface area contributed by atoms with Gasteiger partial charge in [-0.15, -0.1) is 0 Å².